The summed E-state index contributed by atoms with van der Waals surface area (Å²) in [6.07, 6.45) is 0.687. The molecule has 1 aromatic heterocycles. The molecule has 3 N–H and O–H groups in total. The molecule has 6 nitrogen and oxygen atoms in total. The number of nitrogens with one attached hydrogen (secondary N) is 1. The zero-order valence-electron chi connectivity index (χ0n) is 13.8. The van der Waals surface area contributed by atoms with E-state index >= 15 is 0 Å². The summed E-state index contributed by atoms with van der Waals surface area (Å²) in [5, 5.41) is 8.09. The van der Waals surface area contributed by atoms with Crippen LogP contribution in [0, 0.1) is 0 Å². The highest BCUT2D eigenvalue weighted by atomic mass is 35.5. The number of carbonyl (C=O) groups excluding carboxylic acids is 1. The molecule has 0 radical (unpaired) electrons. The molecule has 2 rings (SSSR count). The third-order valence-electron chi connectivity index (χ3n) is 3.37. The Morgan fingerprint density at radius 2 is 1.96 bits per heavy atom. The molecule has 0 saturated heterocycles. The van der Waals surface area contributed by atoms with Gasteiger partial charge in [-0.05, 0) is 38.5 Å². The number of carbonyl (C=O) groups is 1. The molecule has 1 aromatic carbocycles. The lowest BCUT2D eigenvalue weighted by atomic mass is 10.2. The summed E-state index contributed by atoms with van der Waals surface area (Å²) in [7, 11) is 0. The van der Waals surface area contributed by atoms with Crippen molar-refractivity contribution >= 4 is 29.2 Å². The Morgan fingerprint density at radius 3 is 2.46 bits per heavy atom. The Labute approximate surface area is 150 Å². The number of halogens is 2. The number of hydrogen-bond acceptors (Lipinski definition) is 3. The van der Waals surface area contributed by atoms with Crippen molar-refractivity contribution in [3.63, 3.8) is 0 Å². The van der Waals surface area contributed by atoms with Crippen LogP contribution in [0.15, 0.2) is 18.2 Å². The second kappa shape index (κ2) is 7.77. The van der Waals surface area contributed by atoms with E-state index in [0.717, 1.165) is 5.56 Å². The van der Waals surface area contributed by atoms with Gasteiger partial charge in [0.05, 0.1) is 18.3 Å². The van der Waals surface area contributed by atoms with Gasteiger partial charge in [0, 0.05) is 15.6 Å². The van der Waals surface area contributed by atoms with Crippen molar-refractivity contribution in [2.45, 2.75) is 39.8 Å². The van der Waals surface area contributed by atoms with E-state index in [2.05, 4.69) is 10.4 Å². The van der Waals surface area contributed by atoms with Crippen LogP contribution >= 0.6 is 23.2 Å². The highest BCUT2D eigenvalue weighted by Crippen LogP contribution is 2.33. The van der Waals surface area contributed by atoms with Crippen LogP contribution in [0.4, 0.5) is 4.79 Å². The molecule has 8 heteroatoms. The fraction of sp³-hybridized carbons (Fsp3) is 0.375. The third kappa shape index (κ3) is 4.33. The average molecular weight is 371 g/mol. The van der Waals surface area contributed by atoms with Crippen molar-refractivity contribution in [3.8, 4) is 11.6 Å². The molecule has 0 aliphatic rings. The molecule has 0 atom stereocenters. The van der Waals surface area contributed by atoms with E-state index in [9.17, 15) is 4.79 Å². The molecule has 0 fully saturated rings. The van der Waals surface area contributed by atoms with Gasteiger partial charge >= 0.3 is 6.03 Å². The molecule has 0 bridgehead atoms. The number of nitrogens with two attached hydrogens (primary N) is 1. The summed E-state index contributed by atoms with van der Waals surface area (Å²) in [4.78, 5) is 11.0. The fourth-order valence-electron chi connectivity index (χ4n) is 2.32. The summed E-state index contributed by atoms with van der Waals surface area (Å²) in [6, 6.07) is 4.48. The lowest BCUT2D eigenvalue weighted by Crippen LogP contribution is -2.29. The number of nitrogens with zero attached hydrogens (tertiary/aromatic N) is 2. The van der Waals surface area contributed by atoms with Crippen molar-refractivity contribution in [2.75, 3.05) is 0 Å². The van der Waals surface area contributed by atoms with Crippen molar-refractivity contribution < 1.29 is 9.53 Å². The minimum absolute atomic E-state index is 0.0716. The lowest BCUT2D eigenvalue weighted by molar-refractivity contribution is 0.248. The van der Waals surface area contributed by atoms with E-state index in [1.54, 1.807) is 22.9 Å². The second-order valence-electron chi connectivity index (χ2n) is 5.55. The monoisotopic (exact) mass is 370 g/mol. The van der Waals surface area contributed by atoms with Gasteiger partial charge in [-0.3, -0.25) is 0 Å². The topological polar surface area (TPSA) is 82.2 Å². The van der Waals surface area contributed by atoms with Crippen molar-refractivity contribution in [2.24, 2.45) is 5.73 Å². The predicted octanol–water partition coefficient (Wildman–Crippen LogP) is 4.29. The van der Waals surface area contributed by atoms with Gasteiger partial charge in [0.1, 0.15) is 5.75 Å². The highest BCUT2D eigenvalue weighted by Gasteiger charge is 2.20. The minimum atomic E-state index is -0.597. The molecular formula is C16H20Cl2N4O2. The first-order valence-electron chi connectivity index (χ1n) is 7.59. The highest BCUT2D eigenvalue weighted by molar-refractivity contribution is 6.34. The number of amides is 2. The number of ether oxygens (including phenoxy) is 1. The van der Waals surface area contributed by atoms with Crippen LogP contribution in [-0.2, 0) is 13.0 Å². The van der Waals surface area contributed by atoms with Gasteiger partial charge in [0.25, 0.3) is 0 Å². The molecular weight excluding hydrogens is 351 g/mol. The van der Waals surface area contributed by atoms with Gasteiger partial charge in [0.2, 0.25) is 5.88 Å². The van der Waals surface area contributed by atoms with Gasteiger partial charge in [-0.25, -0.2) is 9.48 Å². The van der Waals surface area contributed by atoms with Crippen LogP contribution in [-0.4, -0.2) is 15.8 Å². The second-order valence-corrected chi connectivity index (χ2v) is 6.42. The standard InChI is InChI=1S/C16H20Cl2N4O2/c1-4-13-14(8-20-16(19)23)21-22(9(2)3)15(13)24-12-6-10(17)5-11(18)7-12/h5-7,9H,4,8H2,1-3H3,(H3,19,20,23). The SMILES string of the molecule is CCc1c(CNC(N)=O)nn(C(C)C)c1Oc1cc(Cl)cc(Cl)c1. The van der Waals surface area contributed by atoms with Crippen molar-refractivity contribution in [3.05, 3.63) is 39.5 Å². The summed E-state index contributed by atoms with van der Waals surface area (Å²) in [5.41, 5.74) is 6.76. The number of urea groups is 1. The molecule has 0 unspecified atom stereocenters. The van der Waals surface area contributed by atoms with Crippen LogP contribution < -0.4 is 15.8 Å². The molecule has 0 saturated carbocycles. The van der Waals surface area contributed by atoms with Crippen LogP contribution in [0.1, 0.15) is 38.1 Å². The zero-order valence-corrected chi connectivity index (χ0v) is 15.3. The summed E-state index contributed by atoms with van der Waals surface area (Å²) >= 11 is 12.1. The van der Waals surface area contributed by atoms with E-state index in [0.29, 0.717) is 33.8 Å². The smallest absolute Gasteiger partial charge is 0.312 e. The summed E-state index contributed by atoms with van der Waals surface area (Å²) < 4.78 is 7.80. The maximum Gasteiger partial charge on any atom is 0.312 e. The van der Waals surface area contributed by atoms with Gasteiger partial charge < -0.3 is 15.8 Å². The zero-order chi connectivity index (χ0) is 17.9. The average Bonchev–Trinajstić information content (AvgIpc) is 2.81. The van der Waals surface area contributed by atoms with Crippen LogP contribution in [0.3, 0.4) is 0 Å². The van der Waals surface area contributed by atoms with E-state index in [-0.39, 0.29) is 12.6 Å². The third-order valence-corrected chi connectivity index (χ3v) is 3.80. The van der Waals surface area contributed by atoms with Gasteiger partial charge in [-0.1, -0.05) is 30.1 Å². The maximum atomic E-state index is 11.0. The molecule has 130 valence electrons. The molecule has 24 heavy (non-hydrogen) atoms. The quantitative estimate of drug-likeness (QED) is 0.795. The first-order chi connectivity index (χ1) is 11.3. The number of hydrogen-bond donors (Lipinski definition) is 2. The predicted molar refractivity (Wildman–Crippen MR) is 94.9 cm³/mol. The molecule has 2 aromatic rings. The lowest BCUT2D eigenvalue weighted by Gasteiger charge is -2.13. The minimum Gasteiger partial charge on any atom is -0.439 e. The van der Waals surface area contributed by atoms with E-state index < -0.39 is 6.03 Å². The fourth-order valence-corrected chi connectivity index (χ4v) is 2.83. The van der Waals surface area contributed by atoms with Gasteiger partial charge in [0.15, 0.2) is 0 Å². The van der Waals surface area contributed by atoms with Crippen molar-refractivity contribution in [1.82, 2.24) is 15.1 Å². The van der Waals surface area contributed by atoms with E-state index in [1.807, 2.05) is 20.8 Å². The Kier molecular flexibility index (Phi) is 5.96. The Hall–Kier alpha value is -1.92. The van der Waals surface area contributed by atoms with Crippen molar-refractivity contribution in [1.29, 1.82) is 0 Å². The van der Waals surface area contributed by atoms with Crippen LogP contribution in [0.2, 0.25) is 10.0 Å². The molecule has 2 amide bonds. The molecule has 0 spiro atoms. The van der Waals surface area contributed by atoms with Crippen LogP contribution in [0.25, 0.3) is 0 Å². The number of primary amides is 1. The first-order valence-corrected chi connectivity index (χ1v) is 8.34. The van der Waals surface area contributed by atoms with E-state index in [4.69, 9.17) is 33.7 Å². The van der Waals surface area contributed by atoms with E-state index in [1.165, 1.54) is 0 Å². The number of aromatic nitrogens is 2. The van der Waals surface area contributed by atoms with Gasteiger partial charge in [-0.2, -0.15) is 5.10 Å². The molecule has 1 heterocycles. The Bertz CT molecular complexity index is 724. The number of rotatable bonds is 6. The maximum absolute atomic E-state index is 11.0. The first kappa shape index (κ1) is 18.4. The number of benzene rings is 1. The van der Waals surface area contributed by atoms with Crippen LogP contribution in [0.5, 0.6) is 11.6 Å². The largest absolute Gasteiger partial charge is 0.439 e. The Balaban J connectivity index is 2.43. The van der Waals surface area contributed by atoms with Gasteiger partial charge in [-0.15, -0.1) is 0 Å². The summed E-state index contributed by atoms with van der Waals surface area (Å²) in [6.45, 7) is 6.23. The Morgan fingerprint density at radius 1 is 1.33 bits per heavy atom. The summed E-state index contributed by atoms with van der Waals surface area (Å²) in [5.74, 6) is 1.13. The molecule has 0 aliphatic carbocycles. The molecule has 0 aliphatic heterocycles. The normalized spacial score (nSPS) is 10.9.